The Bertz CT molecular complexity index is 817. The van der Waals surface area contributed by atoms with Crippen LogP contribution in [0.4, 0.5) is 0 Å². The van der Waals surface area contributed by atoms with Crippen LogP contribution >= 0.6 is 23.2 Å². The molecule has 0 aliphatic rings. The molecule has 0 atom stereocenters. The molecule has 0 aliphatic carbocycles. The van der Waals surface area contributed by atoms with Crippen LogP contribution in [0.25, 0.3) is 6.08 Å². The highest BCUT2D eigenvalue weighted by molar-refractivity contribution is 6.35. The summed E-state index contributed by atoms with van der Waals surface area (Å²) in [7, 11) is 0. The second-order valence-electron chi connectivity index (χ2n) is 5.54. The van der Waals surface area contributed by atoms with Crippen molar-refractivity contribution in [2.45, 2.75) is 13.0 Å². The third-order valence-corrected chi connectivity index (χ3v) is 4.32. The number of hydrogen-bond donors (Lipinski definition) is 0. The molecule has 25 heavy (non-hydrogen) atoms. The van der Waals surface area contributed by atoms with E-state index in [1.165, 1.54) is 11.9 Å². The second kappa shape index (κ2) is 8.70. The SMILES string of the molecule is Clc1ccc(CN(CC/C=C/c2ccccc2)n2cncn2)c(Cl)c1. The van der Waals surface area contributed by atoms with Gasteiger partial charge in [0.2, 0.25) is 0 Å². The minimum absolute atomic E-state index is 0.624. The molecule has 4 nitrogen and oxygen atoms in total. The molecule has 0 fully saturated rings. The number of benzene rings is 2. The van der Waals surface area contributed by atoms with E-state index in [4.69, 9.17) is 23.2 Å². The first kappa shape index (κ1) is 17.5. The summed E-state index contributed by atoms with van der Waals surface area (Å²) in [5.41, 5.74) is 2.18. The minimum atomic E-state index is 0.624. The summed E-state index contributed by atoms with van der Waals surface area (Å²) in [5.74, 6) is 0. The molecule has 0 spiro atoms. The van der Waals surface area contributed by atoms with Crippen molar-refractivity contribution in [3.8, 4) is 0 Å². The molecule has 1 heterocycles. The van der Waals surface area contributed by atoms with Crippen molar-refractivity contribution >= 4 is 29.3 Å². The summed E-state index contributed by atoms with van der Waals surface area (Å²) < 4.78 is 0. The Hall–Kier alpha value is -2.30. The molecule has 0 amide bonds. The fourth-order valence-corrected chi connectivity index (χ4v) is 2.92. The van der Waals surface area contributed by atoms with Gasteiger partial charge in [0.25, 0.3) is 0 Å². The van der Waals surface area contributed by atoms with Gasteiger partial charge in [0.15, 0.2) is 0 Å². The maximum absolute atomic E-state index is 6.31. The molecule has 128 valence electrons. The molecule has 0 bridgehead atoms. The van der Waals surface area contributed by atoms with Gasteiger partial charge in [0, 0.05) is 16.6 Å². The molecule has 0 radical (unpaired) electrons. The van der Waals surface area contributed by atoms with Gasteiger partial charge in [0.05, 0.1) is 6.54 Å². The van der Waals surface area contributed by atoms with Crippen LogP contribution in [-0.2, 0) is 6.54 Å². The van der Waals surface area contributed by atoms with Gasteiger partial charge in [-0.05, 0) is 29.7 Å². The van der Waals surface area contributed by atoms with E-state index < -0.39 is 0 Å². The lowest BCUT2D eigenvalue weighted by atomic mass is 10.2. The fourth-order valence-electron chi connectivity index (χ4n) is 2.46. The first-order valence-corrected chi connectivity index (χ1v) is 8.73. The van der Waals surface area contributed by atoms with Crippen LogP contribution < -0.4 is 5.01 Å². The number of hydrogen-bond acceptors (Lipinski definition) is 3. The third-order valence-electron chi connectivity index (χ3n) is 3.73. The standard InChI is InChI=1S/C19H18Cl2N4/c20-18-10-9-17(19(21)12-18)13-24(25-15-22-14-23-25)11-5-4-8-16-6-2-1-3-7-16/h1-4,6-10,12,14-15H,5,11,13H2/b8-4+. The highest BCUT2D eigenvalue weighted by Crippen LogP contribution is 2.22. The lowest BCUT2D eigenvalue weighted by Gasteiger charge is -2.24. The summed E-state index contributed by atoms with van der Waals surface area (Å²) in [6.07, 6.45) is 8.36. The lowest BCUT2D eigenvalue weighted by molar-refractivity contribution is 0.526. The van der Waals surface area contributed by atoms with Crippen LogP contribution in [0.2, 0.25) is 10.0 Å². The topological polar surface area (TPSA) is 34.0 Å². The van der Waals surface area contributed by atoms with Crippen molar-refractivity contribution < 1.29 is 0 Å². The summed E-state index contributed by atoms with van der Waals surface area (Å²) in [5, 5.41) is 7.60. The van der Waals surface area contributed by atoms with Crippen molar-refractivity contribution in [3.05, 3.63) is 88.4 Å². The number of nitrogens with zero attached hydrogens (tertiary/aromatic N) is 4. The van der Waals surface area contributed by atoms with Crippen LogP contribution in [-0.4, -0.2) is 21.4 Å². The summed E-state index contributed by atoms with van der Waals surface area (Å²) in [6, 6.07) is 15.8. The summed E-state index contributed by atoms with van der Waals surface area (Å²) >= 11 is 12.3. The molecule has 3 rings (SSSR count). The van der Waals surface area contributed by atoms with Gasteiger partial charge >= 0.3 is 0 Å². The van der Waals surface area contributed by atoms with E-state index in [0.717, 1.165) is 18.5 Å². The Morgan fingerprint density at radius 3 is 2.64 bits per heavy atom. The van der Waals surface area contributed by atoms with E-state index in [2.05, 4.69) is 39.4 Å². The van der Waals surface area contributed by atoms with Gasteiger partial charge in [-0.2, -0.15) is 4.79 Å². The van der Waals surface area contributed by atoms with E-state index in [1.54, 1.807) is 17.2 Å². The average molecular weight is 373 g/mol. The number of halogens is 2. The predicted octanol–water partition coefficient (Wildman–Crippen LogP) is 4.83. The van der Waals surface area contributed by atoms with Crippen molar-refractivity contribution in [1.29, 1.82) is 0 Å². The molecular weight excluding hydrogens is 355 g/mol. The Morgan fingerprint density at radius 2 is 1.92 bits per heavy atom. The van der Waals surface area contributed by atoms with Crippen LogP contribution in [0, 0.1) is 0 Å². The zero-order chi connectivity index (χ0) is 17.5. The summed E-state index contributed by atoms with van der Waals surface area (Å²) in [6.45, 7) is 1.41. The van der Waals surface area contributed by atoms with Crippen molar-refractivity contribution in [2.24, 2.45) is 0 Å². The zero-order valence-electron chi connectivity index (χ0n) is 13.6. The Labute approximate surface area is 157 Å². The molecule has 6 heteroatoms. The molecular formula is C19H18Cl2N4. The second-order valence-corrected chi connectivity index (χ2v) is 6.39. The van der Waals surface area contributed by atoms with E-state index >= 15 is 0 Å². The lowest BCUT2D eigenvalue weighted by Crippen LogP contribution is -2.35. The molecule has 0 saturated carbocycles. The molecule has 2 aromatic carbocycles. The van der Waals surface area contributed by atoms with Crippen LogP contribution in [0.1, 0.15) is 17.5 Å². The average Bonchev–Trinajstić information content (AvgIpc) is 3.15. The normalized spacial score (nSPS) is 11.1. The number of aromatic nitrogens is 3. The van der Waals surface area contributed by atoms with E-state index in [9.17, 15) is 0 Å². The highest BCUT2D eigenvalue weighted by atomic mass is 35.5. The Morgan fingerprint density at radius 1 is 1.08 bits per heavy atom. The zero-order valence-corrected chi connectivity index (χ0v) is 15.1. The molecule has 3 aromatic rings. The van der Waals surface area contributed by atoms with Crippen molar-refractivity contribution in [1.82, 2.24) is 14.9 Å². The quantitative estimate of drug-likeness (QED) is 0.595. The molecule has 1 aromatic heterocycles. The molecule has 0 saturated heterocycles. The summed E-state index contributed by atoms with van der Waals surface area (Å²) in [4.78, 5) is 5.77. The van der Waals surface area contributed by atoms with Crippen LogP contribution in [0.15, 0.2) is 67.3 Å². The maximum Gasteiger partial charge on any atom is 0.139 e. The van der Waals surface area contributed by atoms with Crippen molar-refractivity contribution in [3.63, 3.8) is 0 Å². The minimum Gasteiger partial charge on any atom is -0.291 e. The first-order chi connectivity index (χ1) is 12.2. The molecule has 0 N–H and O–H groups in total. The number of rotatable bonds is 7. The van der Waals surface area contributed by atoms with Gasteiger partial charge in [-0.3, -0.25) is 5.01 Å². The fraction of sp³-hybridized carbons (Fsp3) is 0.158. The monoisotopic (exact) mass is 372 g/mol. The van der Waals surface area contributed by atoms with Crippen LogP contribution in [0.5, 0.6) is 0 Å². The van der Waals surface area contributed by atoms with Crippen molar-refractivity contribution in [2.75, 3.05) is 11.6 Å². The predicted molar refractivity (Wildman–Crippen MR) is 103 cm³/mol. The van der Waals surface area contributed by atoms with Gasteiger partial charge in [0.1, 0.15) is 12.7 Å². The third kappa shape index (κ3) is 5.08. The maximum atomic E-state index is 6.31. The largest absolute Gasteiger partial charge is 0.291 e. The van der Waals surface area contributed by atoms with Gasteiger partial charge in [-0.15, -0.1) is 5.10 Å². The van der Waals surface area contributed by atoms with E-state index in [1.807, 2.05) is 30.3 Å². The Balaban J connectivity index is 1.67. The smallest absolute Gasteiger partial charge is 0.139 e. The molecule has 0 unspecified atom stereocenters. The first-order valence-electron chi connectivity index (χ1n) is 7.98. The van der Waals surface area contributed by atoms with Gasteiger partial charge in [-0.25, -0.2) is 4.98 Å². The van der Waals surface area contributed by atoms with Crippen LogP contribution in [0.3, 0.4) is 0 Å². The van der Waals surface area contributed by atoms with E-state index in [0.29, 0.717) is 16.6 Å². The van der Waals surface area contributed by atoms with E-state index in [-0.39, 0.29) is 0 Å². The van der Waals surface area contributed by atoms with Gasteiger partial charge in [-0.1, -0.05) is 71.8 Å². The highest BCUT2D eigenvalue weighted by Gasteiger charge is 2.10. The van der Waals surface area contributed by atoms with Gasteiger partial charge < -0.3 is 0 Å². The Kier molecular flexibility index (Phi) is 6.09. The molecule has 0 aliphatic heterocycles.